The standard InChI is InChI=1S/C19H28N2O2/c1-19(2)15-21(14-17(19)16-6-4-3-5-7-16)18(22)8-9-20-10-12-23-13-11-20/h3-7,17H,8-15H2,1-2H3/t17-/m1/s1. The van der Waals surface area contributed by atoms with Crippen molar-refractivity contribution in [1.29, 1.82) is 0 Å². The zero-order chi connectivity index (χ0) is 16.3. The minimum Gasteiger partial charge on any atom is -0.379 e. The maximum Gasteiger partial charge on any atom is 0.223 e. The molecule has 23 heavy (non-hydrogen) atoms. The minimum atomic E-state index is 0.135. The van der Waals surface area contributed by atoms with Crippen molar-refractivity contribution in [2.75, 3.05) is 45.9 Å². The smallest absolute Gasteiger partial charge is 0.223 e. The van der Waals surface area contributed by atoms with Gasteiger partial charge >= 0.3 is 0 Å². The van der Waals surface area contributed by atoms with Gasteiger partial charge in [-0.15, -0.1) is 0 Å². The van der Waals surface area contributed by atoms with Crippen LogP contribution in [0.15, 0.2) is 30.3 Å². The monoisotopic (exact) mass is 316 g/mol. The first-order valence-electron chi connectivity index (χ1n) is 8.69. The quantitative estimate of drug-likeness (QED) is 0.855. The molecule has 2 aliphatic heterocycles. The van der Waals surface area contributed by atoms with E-state index in [-0.39, 0.29) is 5.41 Å². The summed E-state index contributed by atoms with van der Waals surface area (Å²) in [7, 11) is 0. The van der Waals surface area contributed by atoms with Crippen molar-refractivity contribution in [3.8, 4) is 0 Å². The molecule has 2 heterocycles. The lowest BCUT2D eigenvalue weighted by Gasteiger charge is -2.27. The van der Waals surface area contributed by atoms with Crippen LogP contribution in [0, 0.1) is 5.41 Å². The van der Waals surface area contributed by atoms with Crippen LogP contribution >= 0.6 is 0 Å². The molecule has 2 saturated heterocycles. The zero-order valence-corrected chi connectivity index (χ0v) is 14.3. The molecule has 0 saturated carbocycles. The molecule has 4 nitrogen and oxygen atoms in total. The lowest BCUT2D eigenvalue weighted by molar-refractivity contribution is -0.131. The lowest BCUT2D eigenvalue weighted by atomic mass is 9.78. The second-order valence-electron chi connectivity index (χ2n) is 7.43. The molecule has 0 aliphatic carbocycles. The topological polar surface area (TPSA) is 32.8 Å². The van der Waals surface area contributed by atoms with Crippen molar-refractivity contribution in [1.82, 2.24) is 9.80 Å². The van der Waals surface area contributed by atoms with Crippen molar-refractivity contribution in [3.05, 3.63) is 35.9 Å². The average molecular weight is 316 g/mol. The van der Waals surface area contributed by atoms with Crippen LogP contribution in [-0.4, -0.2) is 61.6 Å². The van der Waals surface area contributed by atoms with Gasteiger partial charge in [0, 0.05) is 45.1 Å². The molecule has 0 aromatic heterocycles. The van der Waals surface area contributed by atoms with Gasteiger partial charge in [0.25, 0.3) is 0 Å². The summed E-state index contributed by atoms with van der Waals surface area (Å²) in [5, 5.41) is 0. The largest absolute Gasteiger partial charge is 0.379 e. The van der Waals surface area contributed by atoms with Crippen LogP contribution in [-0.2, 0) is 9.53 Å². The predicted octanol–water partition coefficient (Wildman–Crippen LogP) is 2.36. The van der Waals surface area contributed by atoms with Crippen molar-refractivity contribution in [2.24, 2.45) is 5.41 Å². The molecule has 4 heteroatoms. The second kappa shape index (κ2) is 7.02. The van der Waals surface area contributed by atoms with Gasteiger partial charge in [0.15, 0.2) is 0 Å². The van der Waals surface area contributed by atoms with Gasteiger partial charge in [0.2, 0.25) is 5.91 Å². The van der Waals surface area contributed by atoms with Gasteiger partial charge < -0.3 is 9.64 Å². The number of carbonyl (C=O) groups is 1. The van der Waals surface area contributed by atoms with E-state index in [9.17, 15) is 4.79 Å². The van der Waals surface area contributed by atoms with Gasteiger partial charge in [-0.1, -0.05) is 44.2 Å². The molecule has 2 fully saturated rings. The number of nitrogens with zero attached hydrogens (tertiary/aromatic N) is 2. The highest BCUT2D eigenvalue weighted by Gasteiger charge is 2.41. The van der Waals surface area contributed by atoms with Crippen molar-refractivity contribution < 1.29 is 9.53 Å². The Morgan fingerprint density at radius 3 is 2.61 bits per heavy atom. The molecule has 0 radical (unpaired) electrons. The first-order valence-corrected chi connectivity index (χ1v) is 8.69. The van der Waals surface area contributed by atoms with Gasteiger partial charge in [-0.05, 0) is 11.0 Å². The number of ether oxygens (including phenoxy) is 1. The summed E-state index contributed by atoms with van der Waals surface area (Å²) in [5.41, 5.74) is 1.48. The molecule has 0 spiro atoms. The zero-order valence-electron chi connectivity index (χ0n) is 14.3. The molecule has 0 N–H and O–H groups in total. The summed E-state index contributed by atoms with van der Waals surface area (Å²) in [6.07, 6.45) is 0.623. The van der Waals surface area contributed by atoms with Gasteiger partial charge in [0.05, 0.1) is 13.2 Å². The van der Waals surface area contributed by atoms with E-state index in [0.29, 0.717) is 18.2 Å². The Hall–Kier alpha value is -1.39. The van der Waals surface area contributed by atoms with Gasteiger partial charge in [-0.3, -0.25) is 9.69 Å². The SMILES string of the molecule is CC1(C)CN(C(=O)CCN2CCOCC2)C[C@@H]1c1ccccc1. The summed E-state index contributed by atoms with van der Waals surface area (Å²) in [5.74, 6) is 0.721. The fourth-order valence-corrected chi connectivity index (χ4v) is 3.80. The number of amides is 1. The van der Waals surface area contributed by atoms with Crippen LogP contribution in [0.3, 0.4) is 0 Å². The lowest BCUT2D eigenvalue weighted by Crippen LogP contribution is -2.39. The molecule has 3 rings (SSSR count). The molecule has 1 aromatic rings. The van der Waals surface area contributed by atoms with E-state index >= 15 is 0 Å². The van der Waals surface area contributed by atoms with E-state index in [1.54, 1.807) is 0 Å². The van der Waals surface area contributed by atoms with Crippen molar-refractivity contribution in [3.63, 3.8) is 0 Å². The number of morpholine rings is 1. The molecule has 0 unspecified atom stereocenters. The highest BCUT2D eigenvalue weighted by molar-refractivity contribution is 5.77. The van der Waals surface area contributed by atoms with E-state index in [1.165, 1.54) is 5.56 Å². The van der Waals surface area contributed by atoms with Crippen LogP contribution in [0.25, 0.3) is 0 Å². The third-order valence-electron chi connectivity index (χ3n) is 5.24. The molecular weight excluding hydrogens is 288 g/mol. The van der Waals surface area contributed by atoms with Crippen LogP contribution in [0.1, 0.15) is 31.7 Å². The predicted molar refractivity (Wildman–Crippen MR) is 91.4 cm³/mol. The number of rotatable bonds is 4. The average Bonchev–Trinajstić information content (AvgIpc) is 2.90. The van der Waals surface area contributed by atoms with Crippen LogP contribution in [0.2, 0.25) is 0 Å². The normalized spacial score (nSPS) is 24.8. The molecular formula is C19H28N2O2. The molecule has 0 bridgehead atoms. The third kappa shape index (κ3) is 3.93. The Morgan fingerprint density at radius 2 is 1.91 bits per heavy atom. The van der Waals surface area contributed by atoms with Crippen LogP contribution in [0.4, 0.5) is 0 Å². The number of benzene rings is 1. The summed E-state index contributed by atoms with van der Waals surface area (Å²) < 4.78 is 5.36. The number of likely N-dealkylation sites (tertiary alicyclic amines) is 1. The Balaban J connectivity index is 1.57. The molecule has 126 valence electrons. The van der Waals surface area contributed by atoms with E-state index < -0.39 is 0 Å². The minimum absolute atomic E-state index is 0.135. The van der Waals surface area contributed by atoms with Crippen molar-refractivity contribution in [2.45, 2.75) is 26.2 Å². The Morgan fingerprint density at radius 1 is 1.22 bits per heavy atom. The number of hydrogen-bond acceptors (Lipinski definition) is 3. The van der Waals surface area contributed by atoms with Crippen LogP contribution in [0.5, 0.6) is 0 Å². The number of carbonyl (C=O) groups excluding carboxylic acids is 1. The van der Waals surface area contributed by atoms with Gasteiger partial charge in [-0.25, -0.2) is 0 Å². The van der Waals surface area contributed by atoms with Crippen LogP contribution < -0.4 is 0 Å². The highest BCUT2D eigenvalue weighted by Crippen LogP contribution is 2.42. The molecule has 1 aromatic carbocycles. The number of hydrogen-bond donors (Lipinski definition) is 0. The van der Waals surface area contributed by atoms with E-state index in [1.807, 2.05) is 0 Å². The fraction of sp³-hybridized carbons (Fsp3) is 0.632. The van der Waals surface area contributed by atoms with E-state index in [0.717, 1.165) is 45.9 Å². The summed E-state index contributed by atoms with van der Waals surface area (Å²) in [6, 6.07) is 10.6. The van der Waals surface area contributed by atoms with E-state index in [4.69, 9.17) is 4.74 Å². The Kier molecular flexibility index (Phi) is 5.02. The summed E-state index contributed by atoms with van der Waals surface area (Å²) in [4.78, 5) is 17.0. The summed E-state index contributed by atoms with van der Waals surface area (Å²) >= 11 is 0. The fourth-order valence-electron chi connectivity index (χ4n) is 3.80. The first-order chi connectivity index (χ1) is 11.1. The van der Waals surface area contributed by atoms with Crippen molar-refractivity contribution >= 4 is 5.91 Å². The molecule has 1 amide bonds. The first kappa shape index (κ1) is 16.5. The third-order valence-corrected chi connectivity index (χ3v) is 5.24. The maximum absolute atomic E-state index is 12.6. The molecule has 1 atom stereocenters. The molecule has 2 aliphatic rings. The Bertz CT molecular complexity index is 523. The highest BCUT2D eigenvalue weighted by atomic mass is 16.5. The second-order valence-corrected chi connectivity index (χ2v) is 7.43. The van der Waals surface area contributed by atoms with Gasteiger partial charge in [-0.2, -0.15) is 0 Å². The van der Waals surface area contributed by atoms with Gasteiger partial charge in [0.1, 0.15) is 0 Å². The van der Waals surface area contributed by atoms with E-state index in [2.05, 4.69) is 54.0 Å². The Labute approximate surface area is 139 Å². The maximum atomic E-state index is 12.6. The summed E-state index contributed by atoms with van der Waals surface area (Å²) in [6.45, 7) is 10.6.